The van der Waals surface area contributed by atoms with Gasteiger partial charge in [0, 0.05) is 11.6 Å². The average molecular weight is 374 g/mol. The fourth-order valence-electron chi connectivity index (χ4n) is 3.55. The summed E-state index contributed by atoms with van der Waals surface area (Å²) in [5, 5.41) is 12.6. The SMILES string of the molecule is C[C@H]1CCCC[C@@H]1NC(=O)/C(C#N)=C/c1ccccc1OCc1ccccc1. The molecule has 0 aliphatic heterocycles. The van der Waals surface area contributed by atoms with Gasteiger partial charge in [0.05, 0.1) is 0 Å². The summed E-state index contributed by atoms with van der Waals surface area (Å²) in [6.45, 7) is 2.59. The Morgan fingerprint density at radius 2 is 1.86 bits per heavy atom. The summed E-state index contributed by atoms with van der Waals surface area (Å²) in [5.41, 5.74) is 1.89. The van der Waals surface area contributed by atoms with Crippen LogP contribution in [0.15, 0.2) is 60.2 Å². The molecule has 4 heteroatoms. The zero-order valence-electron chi connectivity index (χ0n) is 16.2. The van der Waals surface area contributed by atoms with Crippen molar-refractivity contribution in [2.45, 2.75) is 45.3 Å². The molecule has 2 atom stereocenters. The van der Waals surface area contributed by atoms with Gasteiger partial charge >= 0.3 is 0 Å². The smallest absolute Gasteiger partial charge is 0.262 e. The monoisotopic (exact) mass is 374 g/mol. The molecule has 4 nitrogen and oxygen atoms in total. The zero-order chi connectivity index (χ0) is 19.8. The summed E-state index contributed by atoms with van der Waals surface area (Å²) < 4.78 is 5.93. The van der Waals surface area contributed by atoms with Crippen molar-refractivity contribution in [1.82, 2.24) is 5.32 Å². The number of carbonyl (C=O) groups is 1. The number of nitrogens with one attached hydrogen (secondary N) is 1. The normalized spacial score (nSPS) is 19.5. The van der Waals surface area contributed by atoms with E-state index in [-0.39, 0.29) is 17.5 Å². The first kappa shape index (κ1) is 19.7. The van der Waals surface area contributed by atoms with E-state index in [1.165, 1.54) is 6.42 Å². The van der Waals surface area contributed by atoms with Crippen LogP contribution in [0.1, 0.15) is 43.7 Å². The minimum atomic E-state index is -0.306. The second-order valence-electron chi connectivity index (χ2n) is 7.32. The molecular formula is C24H26N2O2. The summed E-state index contributed by atoms with van der Waals surface area (Å²) in [7, 11) is 0. The molecule has 1 amide bonds. The fourth-order valence-corrected chi connectivity index (χ4v) is 3.55. The van der Waals surface area contributed by atoms with Crippen LogP contribution < -0.4 is 10.1 Å². The Labute approximate surface area is 166 Å². The van der Waals surface area contributed by atoms with E-state index < -0.39 is 0 Å². The van der Waals surface area contributed by atoms with E-state index in [0.717, 1.165) is 30.4 Å². The minimum absolute atomic E-state index is 0.105. The molecular weight excluding hydrogens is 348 g/mol. The highest BCUT2D eigenvalue weighted by molar-refractivity contribution is 6.02. The van der Waals surface area contributed by atoms with E-state index in [2.05, 4.69) is 12.2 Å². The van der Waals surface area contributed by atoms with Gasteiger partial charge in [0.2, 0.25) is 0 Å². The Bertz CT molecular complexity index is 868. The highest BCUT2D eigenvalue weighted by Crippen LogP contribution is 2.25. The molecule has 0 unspecified atom stereocenters. The molecule has 0 saturated heterocycles. The van der Waals surface area contributed by atoms with Crippen LogP contribution in [0.2, 0.25) is 0 Å². The van der Waals surface area contributed by atoms with Crippen molar-refractivity contribution in [3.63, 3.8) is 0 Å². The maximum absolute atomic E-state index is 12.6. The minimum Gasteiger partial charge on any atom is -0.488 e. The predicted molar refractivity (Wildman–Crippen MR) is 110 cm³/mol. The van der Waals surface area contributed by atoms with E-state index in [1.54, 1.807) is 6.08 Å². The molecule has 144 valence electrons. The van der Waals surface area contributed by atoms with Crippen LogP contribution in [0, 0.1) is 17.2 Å². The quantitative estimate of drug-likeness (QED) is 0.580. The van der Waals surface area contributed by atoms with Gasteiger partial charge in [-0.05, 0) is 36.5 Å². The number of rotatable bonds is 6. The summed E-state index contributed by atoms with van der Waals surface area (Å²) in [4.78, 5) is 12.6. The van der Waals surface area contributed by atoms with Crippen LogP contribution >= 0.6 is 0 Å². The van der Waals surface area contributed by atoms with Crippen molar-refractivity contribution < 1.29 is 9.53 Å². The Hall–Kier alpha value is -3.06. The Balaban J connectivity index is 1.73. The van der Waals surface area contributed by atoms with Crippen molar-refractivity contribution in [3.8, 4) is 11.8 Å². The van der Waals surface area contributed by atoms with Crippen molar-refractivity contribution in [2.75, 3.05) is 0 Å². The van der Waals surface area contributed by atoms with E-state index in [0.29, 0.717) is 18.3 Å². The van der Waals surface area contributed by atoms with Gasteiger partial charge in [-0.15, -0.1) is 0 Å². The number of para-hydroxylation sites is 1. The lowest BCUT2D eigenvalue weighted by Gasteiger charge is -2.29. The molecule has 0 aromatic heterocycles. The number of hydrogen-bond donors (Lipinski definition) is 1. The number of carbonyl (C=O) groups excluding carboxylic acids is 1. The highest BCUT2D eigenvalue weighted by atomic mass is 16.5. The summed E-state index contributed by atoms with van der Waals surface area (Å²) in [5.74, 6) is 0.788. The topological polar surface area (TPSA) is 62.1 Å². The largest absolute Gasteiger partial charge is 0.488 e. The molecule has 2 aromatic carbocycles. The van der Waals surface area contributed by atoms with E-state index in [1.807, 2.05) is 60.7 Å². The summed E-state index contributed by atoms with van der Waals surface area (Å²) in [6, 6.07) is 19.5. The van der Waals surface area contributed by atoms with Crippen molar-refractivity contribution in [3.05, 3.63) is 71.3 Å². The van der Waals surface area contributed by atoms with Gasteiger partial charge in [0.1, 0.15) is 24.0 Å². The number of amides is 1. The first-order valence-corrected chi connectivity index (χ1v) is 9.86. The number of nitrogens with zero attached hydrogens (tertiary/aromatic N) is 1. The Morgan fingerprint density at radius 1 is 1.14 bits per heavy atom. The van der Waals surface area contributed by atoms with Crippen LogP contribution in [0.25, 0.3) is 6.08 Å². The lowest BCUT2D eigenvalue weighted by Crippen LogP contribution is -2.41. The fraction of sp³-hybridized carbons (Fsp3) is 0.333. The van der Waals surface area contributed by atoms with Gasteiger partial charge in [-0.1, -0.05) is 68.3 Å². The van der Waals surface area contributed by atoms with E-state index in [4.69, 9.17) is 4.74 Å². The maximum atomic E-state index is 12.6. The number of nitriles is 1. The third-order valence-electron chi connectivity index (χ3n) is 5.25. The van der Waals surface area contributed by atoms with Gasteiger partial charge in [0.15, 0.2) is 0 Å². The van der Waals surface area contributed by atoms with Gasteiger partial charge in [-0.2, -0.15) is 5.26 Å². The molecule has 0 spiro atoms. The third kappa shape index (κ3) is 5.23. The second-order valence-corrected chi connectivity index (χ2v) is 7.32. The summed E-state index contributed by atoms with van der Waals surface area (Å²) >= 11 is 0. The zero-order valence-corrected chi connectivity index (χ0v) is 16.2. The predicted octanol–water partition coefficient (Wildman–Crippen LogP) is 4.87. The average Bonchev–Trinajstić information content (AvgIpc) is 2.73. The Kier molecular flexibility index (Phi) is 6.86. The molecule has 1 N–H and O–H groups in total. The molecule has 1 aliphatic rings. The number of benzene rings is 2. The first-order chi connectivity index (χ1) is 13.7. The Morgan fingerprint density at radius 3 is 2.61 bits per heavy atom. The van der Waals surface area contributed by atoms with Crippen LogP contribution in [-0.4, -0.2) is 11.9 Å². The van der Waals surface area contributed by atoms with E-state index >= 15 is 0 Å². The number of hydrogen-bond acceptors (Lipinski definition) is 3. The van der Waals surface area contributed by atoms with Crippen LogP contribution in [0.4, 0.5) is 0 Å². The van der Waals surface area contributed by atoms with Crippen LogP contribution in [0.3, 0.4) is 0 Å². The number of ether oxygens (including phenoxy) is 1. The molecule has 2 aromatic rings. The molecule has 0 heterocycles. The van der Waals surface area contributed by atoms with Crippen molar-refractivity contribution >= 4 is 12.0 Å². The highest BCUT2D eigenvalue weighted by Gasteiger charge is 2.24. The van der Waals surface area contributed by atoms with Gasteiger partial charge in [-0.3, -0.25) is 4.79 Å². The standard InChI is InChI=1S/C24H26N2O2/c1-18-9-5-7-13-22(18)26-24(27)21(16-25)15-20-12-6-8-14-23(20)28-17-19-10-3-2-4-11-19/h2-4,6,8,10-12,14-15,18,22H,5,7,9,13,17H2,1H3,(H,26,27)/b21-15+/t18-,22-/m0/s1. The van der Waals surface area contributed by atoms with Crippen LogP contribution in [-0.2, 0) is 11.4 Å². The molecule has 0 bridgehead atoms. The van der Waals surface area contributed by atoms with Gasteiger partial charge < -0.3 is 10.1 Å². The van der Waals surface area contributed by atoms with Gasteiger partial charge in [-0.25, -0.2) is 0 Å². The maximum Gasteiger partial charge on any atom is 0.262 e. The van der Waals surface area contributed by atoms with E-state index in [9.17, 15) is 10.1 Å². The third-order valence-corrected chi connectivity index (χ3v) is 5.25. The molecule has 0 radical (unpaired) electrons. The summed E-state index contributed by atoms with van der Waals surface area (Å²) in [6.07, 6.45) is 6.04. The van der Waals surface area contributed by atoms with Crippen LogP contribution in [0.5, 0.6) is 5.75 Å². The molecule has 1 saturated carbocycles. The molecule has 28 heavy (non-hydrogen) atoms. The first-order valence-electron chi connectivity index (χ1n) is 9.86. The van der Waals surface area contributed by atoms with Gasteiger partial charge in [0.25, 0.3) is 5.91 Å². The lowest BCUT2D eigenvalue weighted by atomic mass is 9.86. The second kappa shape index (κ2) is 9.75. The molecule has 1 fully saturated rings. The van der Waals surface area contributed by atoms with Crippen molar-refractivity contribution in [1.29, 1.82) is 5.26 Å². The molecule has 1 aliphatic carbocycles. The van der Waals surface area contributed by atoms with Crippen molar-refractivity contribution in [2.24, 2.45) is 5.92 Å². The molecule has 3 rings (SSSR count). The lowest BCUT2D eigenvalue weighted by molar-refractivity contribution is -0.118.